The van der Waals surface area contributed by atoms with Crippen molar-refractivity contribution in [3.8, 4) is 0 Å². The molecule has 3 atom stereocenters. The number of hydrogen-bond acceptors (Lipinski definition) is 5. The molecule has 0 radical (unpaired) electrons. The zero-order valence-corrected chi connectivity index (χ0v) is 19.0. The van der Waals surface area contributed by atoms with E-state index in [-0.39, 0.29) is 42.1 Å². The maximum atomic E-state index is 12.6. The number of anilines is 1. The molecule has 30 heavy (non-hydrogen) atoms. The summed E-state index contributed by atoms with van der Waals surface area (Å²) in [4.78, 5) is 28.1. The predicted octanol–water partition coefficient (Wildman–Crippen LogP) is 3.49. The van der Waals surface area contributed by atoms with E-state index in [1.54, 1.807) is 33.3 Å². The predicted molar refractivity (Wildman–Crippen MR) is 117 cm³/mol. The highest BCUT2D eigenvalue weighted by Gasteiger charge is 2.29. The van der Waals surface area contributed by atoms with Gasteiger partial charge in [-0.05, 0) is 30.7 Å². The highest BCUT2D eigenvalue weighted by molar-refractivity contribution is 7.10. The first-order valence-electron chi connectivity index (χ1n) is 10.2. The Bertz CT molecular complexity index is 848. The summed E-state index contributed by atoms with van der Waals surface area (Å²) >= 11 is 1.62. The number of ether oxygens (including phenoxy) is 1. The average Bonchev–Trinajstić information content (AvgIpc) is 3.30. The van der Waals surface area contributed by atoms with Gasteiger partial charge in [-0.15, -0.1) is 11.3 Å². The molecule has 3 heterocycles. The molecule has 3 amide bonds. The van der Waals surface area contributed by atoms with Gasteiger partial charge >= 0.3 is 6.03 Å². The molecule has 0 aliphatic carbocycles. The Hall–Kier alpha value is -2.39. The largest absolute Gasteiger partial charge is 0.372 e. The lowest BCUT2D eigenvalue weighted by molar-refractivity contribution is -0.144. The summed E-state index contributed by atoms with van der Waals surface area (Å²) in [5.41, 5.74) is 0.411. The molecular weight excluding hydrogens is 402 g/mol. The van der Waals surface area contributed by atoms with Crippen LogP contribution in [0.25, 0.3) is 0 Å². The van der Waals surface area contributed by atoms with Gasteiger partial charge in [0.1, 0.15) is 6.54 Å². The van der Waals surface area contributed by atoms with Crippen molar-refractivity contribution in [1.29, 1.82) is 0 Å². The van der Waals surface area contributed by atoms with Crippen LogP contribution >= 0.6 is 11.3 Å². The van der Waals surface area contributed by atoms with Crippen LogP contribution in [0.15, 0.2) is 29.9 Å². The van der Waals surface area contributed by atoms with Gasteiger partial charge in [0.25, 0.3) is 0 Å². The average molecular weight is 434 g/mol. The van der Waals surface area contributed by atoms with E-state index in [0.29, 0.717) is 18.8 Å². The Morgan fingerprint density at radius 1 is 1.30 bits per heavy atom. The molecule has 9 heteroatoms. The van der Waals surface area contributed by atoms with E-state index in [1.807, 2.05) is 31.4 Å². The molecule has 2 aromatic heterocycles. The van der Waals surface area contributed by atoms with E-state index in [4.69, 9.17) is 4.74 Å². The second kappa shape index (κ2) is 9.18. The number of thiophene rings is 1. The van der Waals surface area contributed by atoms with Crippen LogP contribution in [0.3, 0.4) is 0 Å². The van der Waals surface area contributed by atoms with Gasteiger partial charge in [0.05, 0.1) is 30.1 Å². The summed E-state index contributed by atoms with van der Waals surface area (Å²) in [7, 11) is 0. The Labute approximate surface area is 181 Å². The number of rotatable bonds is 5. The standard InChI is InChI=1S/C21H31N5O3S/c1-14-10-25(11-15(2)29-14)18(27)13-26-12-16(9-22-26)23-20(28)24-19(21(3,4)5)17-7-6-8-30-17/h6-9,12,14-15,19H,10-11,13H2,1-5H3,(H2,23,24,28)/t14-,15+,19-/m0/s1. The highest BCUT2D eigenvalue weighted by atomic mass is 32.1. The SMILES string of the molecule is C[C@@H]1CN(C(=O)Cn2cc(NC(=O)N[C@@H](c3cccs3)C(C)(C)C)cn2)C[C@H](C)O1. The lowest BCUT2D eigenvalue weighted by Crippen LogP contribution is -2.49. The summed E-state index contributed by atoms with van der Waals surface area (Å²) in [5, 5.41) is 12.1. The van der Waals surface area contributed by atoms with Crippen LogP contribution < -0.4 is 10.6 Å². The Morgan fingerprint density at radius 2 is 2.00 bits per heavy atom. The van der Waals surface area contributed by atoms with Crippen molar-refractivity contribution in [3.63, 3.8) is 0 Å². The molecule has 1 fully saturated rings. The third-order valence-electron chi connectivity index (χ3n) is 4.93. The van der Waals surface area contributed by atoms with Gasteiger partial charge < -0.3 is 20.3 Å². The molecule has 8 nitrogen and oxygen atoms in total. The maximum Gasteiger partial charge on any atom is 0.319 e. The number of nitrogens with zero attached hydrogens (tertiary/aromatic N) is 3. The van der Waals surface area contributed by atoms with E-state index in [1.165, 1.54) is 0 Å². The minimum atomic E-state index is -0.301. The van der Waals surface area contributed by atoms with Crippen molar-refractivity contribution in [2.24, 2.45) is 5.41 Å². The van der Waals surface area contributed by atoms with Crippen molar-refractivity contribution in [1.82, 2.24) is 20.0 Å². The van der Waals surface area contributed by atoms with Crippen molar-refractivity contribution >= 4 is 29.0 Å². The van der Waals surface area contributed by atoms with E-state index in [9.17, 15) is 9.59 Å². The zero-order chi connectivity index (χ0) is 21.9. The topological polar surface area (TPSA) is 88.5 Å². The first kappa shape index (κ1) is 22.3. The van der Waals surface area contributed by atoms with Gasteiger partial charge in [0, 0.05) is 24.2 Å². The van der Waals surface area contributed by atoms with Gasteiger partial charge in [-0.2, -0.15) is 5.10 Å². The molecule has 164 valence electrons. The van der Waals surface area contributed by atoms with Gasteiger partial charge in [-0.3, -0.25) is 9.48 Å². The number of morpholine rings is 1. The van der Waals surface area contributed by atoms with E-state index in [0.717, 1.165) is 4.88 Å². The summed E-state index contributed by atoms with van der Waals surface area (Å²) in [6.45, 7) is 11.5. The van der Waals surface area contributed by atoms with Gasteiger partial charge in [0.15, 0.2) is 0 Å². The number of aromatic nitrogens is 2. The fourth-order valence-corrected chi connectivity index (χ4v) is 4.62. The van der Waals surface area contributed by atoms with Gasteiger partial charge in [-0.25, -0.2) is 4.79 Å². The van der Waals surface area contributed by atoms with Gasteiger partial charge in [-0.1, -0.05) is 26.8 Å². The van der Waals surface area contributed by atoms with Crippen LogP contribution in [0.2, 0.25) is 0 Å². The quantitative estimate of drug-likeness (QED) is 0.755. The number of amides is 3. The fraction of sp³-hybridized carbons (Fsp3) is 0.571. The second-order valence-corrected chi connectivity index (χ2v) is 9.87. The van der Waals surface area contributed by atoms with Crippen LogP contribution in [0.5, 0.6) is 0 Å². The Kier molecular flexibility index (Phi) is 6.82. The molecule has 0 bridgehead atoms. The Morgan fingerprint density at radius 3 is 2.60 bits per heavy atom. The number of carbonyl (C=O) groups excluding carboxylic acids is 2. The minimum absolute atomic E-state index is 0.0124. The van der Waals surface area contributed by atoms with Crippen molar-refractivity contribution in [2.75, 3.05) is 18.4 Å². The summed E-state index contributed by atoms with van der Waals surface area (Å²) in [5.74, 6) is -0.0124. The smallest absolute Gasteiger partial charge is 0.319 e. The minimum Gasteiger partial charge on any atom is -0.372 e. The molecule has 2 N–H and O–H groups in total. The third kappa shape index (κ3) is 5.82. The Balaban J connectivity index is 1.57. The molecule has 1 aliphatic heterocycles. The van der Waals surface area contributed by atoms with Crippen molar-refractivity contribution in [3.05, 3.63) is 34.8 Å². The fourth-order valence-electron chi connectivity index (χ4n) is 3.60. The van der Waals surface area contributed by atoms with Crippen LogP contribution in [-0.2, 0) is 16.1 Å². The van der Waals surface area contributed by atoms with Crippen molar-refractivity contribution in [2.45, 2.75) is 59.4 Å². The van der Waals surface area contributed by atoms with Crippen LogP contribution in [-0.4, -0.2) is 51.9 Å². The molecule has 0 saturated carbocycles. The highest BCUT2D eigenvalue weighted by Crippen LogP contribution is 2.35. The molecule has 2 aromatic rings. The van der Waals surface area contributed by atoms with E-state index >= 15 is 0 Å². The third-order valence-corrected chi connectivity index (χ3v) is 5.87. The molecule has 0 unspecified atom stereocenters. The number of hydrogen-bond donors (Lipinski definition) is 2. The molecule has 0 aromatic carbocycles. The molecule has 0 spiro atoms. The molecular formula is C21H31N5O3S. The summed E-state index contributed by atoms with van der Waals surface area (Å²) in [6.07, 6.45) is 3.27. The van der Waals surface area contributed by atoms with Crippen molar-refractivity contribution < 1.29 is 14.3 Å². The second-order valence-electron chi connectivity index (χ2n) is 8.90. The first-order chi connectivity index (χ1) is 14.1. The van der Waals surface area contributed by atoms with Crippen LogP contribution in [0, 0.1) is 5.41 Å². The first-order valence-corrected chi connectivity index (χ1v) is 11.1. The van der Waals surface area contributed by atoms with E-state index in [2.05, 4.69) is 36.5 Å². The van der Waals surface area contributed by atoms with E-state index < -0.39 is 0 Å². The van der Waals surface area contributed by atoms with Crippen LogP contribution in [0.4, 0.5) is 10.5 Å². The molecule has 3 rings (SSSR count). The lowest BCUT2D eigenvalue weighted by atomic mass is 9.86. The molecule has 1 saturated heterocycles. The monoisotopic (exact) mass is 433 g/mol. The lowest BCUT2D eigenvalue weighted by Gasteiger charge is -2.35. The van der Waals surface area contributed by atoms with Crippen LogP contribution in [0.1, 0.15) is 45.5 Å². The summed E-state index contributed by atoms with van der Waals surface area (Å²) in [6, 6.07) is 3.59. The number of carbonyl (C=O) groups is 2. The number of urea groups is 1. The van der Waals surface area contributed by atoms with Gasteiger partial charge in [0.2, 0.25) is 5.91 Å². The summed E-state index contributed by atoms with van der Waals surface area (Å²) < 4.78 is 7.22. The zero-order valence-electron chi connectivity index (χ0n) is 18.2. The normalized spacial score (nSPS) is 20.6. The maximum absolute atomic E-state index is 12.6. The molecule has 1 aliphatic rings. The number of nitrogens with one attached hydrogen (secondary N) is 2.